The number of thioether (sulfide) groups is 1. The van der Waals surface area contributed by atoms with Crippen molar-refractivity contribution in [3.63, 3.8) is 0 Å². The van der Waals surface area contributed by atoms with Crippen LogP contribution in [0.25, 0.3) is 0 Å². The Balaban J connectivity index is 2.57. The van der Waals surface area contributed by atoms with Gasteiger partial charge in [0.2, 0.25) is 5.16 Å². The van der Waals surface area contributed by atoms with Gasteiger partial charge in [-0.15, -0.1) is 11.7 Å². The highest BCUT2D eigenvalue weighted by molar-refractivity contribution is 7.99. The Hall–Kier alpha value is -0.880. The first-order chi connectivity index (χ1) is 6.77. The molecule has 1 atom stereocenters. The zero-order chi connectivity index (χ0) is 10.4. The Morgan fingerprint density at radius 1 is 1.71 bits per heavy atom. The van der Waals surface area contributed by atoms with Gasteiger partial charge < -0.3 is 5.32 Å². The average molecular weight is 213 g/mol. The molecular weight excluding hydrogens is 198 g/mol. The maximum atomic E-state index is 3.95. The molecule has 0 aromatic carbocycles. The van der Waals surface area contributed by atoms with Gasteiger partial charge in [-0.2, -0.15) is 0 Å². The molecule has 1 heterocycles. The summed E-state index contributed by atoms with van der Waals surface area (Å²) in [6.45, 7) is 7.44. The van der Waals surface area contributed by atoms with E-state index in [-0.39, 0.29) is 0 Å². The molecule has 0 aliphatic rings. The molecule has 14 heavy (non-hydrogen) atoms. The second-order valence-electron chi connectivity index (χ2n) is 2.85. The standard InChI is InChI=1S/C8H15N5S/c1-4-7(2)14-8-10-11-12-13(8)6-5-9-3/h4,7,9H,1,5-6H2,2-3H3. The van der Waals surface area contributed by atoms with Gasteiger partial charge in [-0.3, -0.25) is 0 Å². The fraction of sp³-hybridized carbons (Fsp3) is 0.625. The Labute approximate surface area is 88.0 Å². The first-order valence-corrected chi connectivity index (χ1v) is 5.36. The largest absolute Gasteiger partial charge is 0.318 e. The van der Waals surface area contributed by atoms with Gasteiger partial charge in [-0.1, -0.05) is 17.8 Å². The Kier molecular flexibility index (Phi) is 4.61. The number of likely N-dealkylation sites (N-methyl/N-ethyl adjacent to an activating group) is 1. The van der Waals surface area contributed by atoms with Gasteiger partial charge in [-0.05, 0) is 24.4 Å². The SMILES string of the molecule is C=CC(C)Sc1nnnn1CCNC. The minimum Gasteiger partial charge on any atom is -0.318 e. The van der Waals surface area contributed by atoms with E-state index in [9.17, 15) is 0 Å². The lowest BCUT2D eigenvalue weighted by atomic mass is 10.5. The van der Waals surface area contributed by atoms with Crippen molar-refractivity contribution < 1.29 is 0 Å². The summed E-state index contributed by atoms with van der Waals surface area (Å²) in [6, 6.07) is 0. The van der Waals surface area contributed by atoms with Gasteiger partial charge in [0, 0.05) is 11.8 Å². The zero-order valence-corrected chi connectivity index (χ0v) is 9.29. The van der Waals surface area contributed by atoms with Crippen molar-refractivity contribution in [3.8, 4) is 0 Å². The lowest BCUT2D eigenvalue weighted by Gasteiger charge is -2.05. The van der Waals surface area contributed by atoms with E-state index in [0.717, 1.165) is 18.2 Å². The first-order valence-electron chi connectivity index (χ1n) is 4.48. The summed E-state index contributed by atoms with van der Waals surface area (Å²) >= 11 is 1.61. The third-order valence-corrected chi connectivity index (χ3v) is 2.76. The van der Waals surface area contributed by atoms with Crippen LogP contribution in [-0.2, 0) is 6.54 Å². The van der Waals surface area contributed by atoms with Gasteiger partial charge in [0.05, 0.1) is 6.54 Å². The van der Waals surface area contributed by atoms with Gasteiger partial charge >= 0.3 is 0 Å². The van der Waals surface area contributed by atoms with Crippen LogP contribution in [-0.4, -0.2) is 39.0 Å². The summed E-state index contributed by atoms with van der Waals surface area (Å²) in [5.74, 6) is 0. The molecule has 0 bridgehead atoms. The van der Waals surface area contributed by atoms with E-state index in [1.807, 2.05) is 13.1 Å². The molecule has 0 aliphatic heterocycles. The molecule has 78 valence electrons. The predicted molar refractivity (Wildman–Crippen MR) is 57.3 cm³/mol. The average Bonchev–Trinajstić information content (AvgIpc) is 2.62. The van der Waals surface area contributed by atoms with Crippen LogP contribution in [0.15, 0.2) is 17.8 Å². The molecule has 0 amide bonds. The lowest BCUT2D eigenvalue weighted by molar-refractivity contribution is 0.529. The summed E-state index contributed by atoms with van der Waals surface area (Å²) in [6.07, 6.45) is 1.88. The van der Waals surface area contributed by atoms with Crippen LogP contribution in [0.2, 0.25) is 0 Å². The number of nitrogens with one attached hydrogen (secondary N) is 1. The van der Waals surface area contributed by atoms with E-state index in [4.69, 9.17) is 0 Å². The molecule has 0 aliphatic carbocycles. The topological polar surface area (TPSA) is 55.6 Å². The lowest BCUT2D eigenvalue weighted by Crippen LogP contribution is -2.16. The minimum absolute atomic E-state index is 0.328. The van der Waals surface area contributed by atoms with Crippen molar-refractivity contribution in [1.82, 2.24) is 25.5 Å². The van der Waals surface area contributed by atoms with Crippen molar-refractivity contribution >= 4 is 11.8 Å². The number of nitrogens with zero attached hydrogens (tertiary/aromatic N) is 4. The molecule has 0 radical (unpaired) electrons. The monoisotopic (exact) mass is 213 g/mol. The first kappa shape index (κ1) is 11.2. The van der Waals surface area contributed by atoms with E-state index in [2.05, 4.69) is 34.3 Å². The summed E-state index contributed by atoms with van der Waals surface area (Å²) < 4.78 is 1.79. The summed E-state index contributed by atoms with van der Waals surface area (Å²) in [5, 5.41) is 15.7. The highest BCUT2D eigenvalue weighted by atomic mass is 32.2. The van der Waals surface area contributed by atoms with E-state index >= 15 is 0 Å². The van der Waals surface area contributed by atoms with E-state index in [0.29, 0.717) is 5.25 Å². The molecule has 6 heteroatoms. The maximum absolute atomic E-state index is 3.95. The van der Waals surface area contributed by atoms with Gasteiger partial charge in [0.25, 0.3) is 0 Å². The molecule has 0 saturated carbocycles. The quantitative estimate of drug-likeness (QED) is 0.553. The fourth-order valence-corrected chi connectivity index (χ4v) is 1.62. The molecule has 1 aromatic heterocycles. The molecule has 0 spiro atoms. The normalized spacial score (nSPS) is 12.7. The predicted octanol–water partition coefficient (Wildman–Crippen LogP) is 0.559. The van der Waals surface area contributed by atoms with Gasteiger partial charge in [0.15, 0.2) is 0 Å². The second-order valence-corrected chi connectivity index (χ2v) is 4.19. The number of hydrogen-bond acceptors (Lipinski definition) is 5. The Bertz CT molecular complexity index is 285. The maximum Gasteiger partial charge on any atom is 0.209 e. The van der Waals surface area contributed by atoms with Crippen LogP contribution in [0.1, 0.15) is 6.92 Å². The number of aromatic nitrogens is 4. The highest BCUT2D eigenvalue weighted by Gasteiger charge is 2.08. The summed E-state index contributed by atoms with van der Waals surface area (Å²) in [7, 11) is 1.91. The van der Waals surface area contributed by atoms with Crippen molar-refractivity contribution in [2.75, 3.05) is 13.6 Å². The Morgan fingerprint density at radius 3 is 3.14 bits per heavy atom. The van der Waals surface area contributed by atoms with Crippen molar-refractivity contribution in [2.45, 2.75) is 23.9 Å². The Morgan fingerprint density at radius 2 is 2.50 bits per heavy atom. The van der Waals surface area contributed by atoms with E-state index in [1.54, 1.807) is 16.4 Å². The minimum atomic E-state index is 0.328. The van der Waals surface area contributed by atoms with Crippen LogP contribution >= 0.6 is 11.8 Å². The summed E-state index contributed by atoms with van der Waals surface area (Å²) in [4.78, 5) is 0. The van der Waals surface area contributed by atoms with Crippen molar-refractivity contribution in [3.05, 3.63) is 12.7 Å². The fourth-order valence-electron chi connectivity index (χ4n) is 0.853. The molecule has 0 fully saturated rings. The smallest absolute Gasteiger partial charge is 0.209 e. The van der Waals surface area contributed by atoms with Gasteiger partial charge in [-0.25, -0.2) is 4.68 Å². The molecule has 0 saturated heterocycles. The van der Waals surface area contributed by atoms with Crippen LogP contribution < -0.4 is 5.32 Å². The van der Waals surface area contributed by atoms with Crippen molar-refractivity contribution in [2.24, 2.45) is 0 Å². The number of rotatable bonds is 6. The highest BCUT2D eigenvalue weighted by Crippen LogP contribution is 2.19. The molecule has 1 rings (SSSR count). The van der Waals surface area contributed by atoms with Crippen LogP contribution in [0.4, 0.5) is 0 Å². The van der Waals surface area contributed by atoms with Crippen LogP contribution in [0.5, 0.6) is 0 Å². The molecule has 1 N–H and O–H groups in total. The zero-order valence-electron chi connectivity index (χ0n) is 8.47. The molecular formula is C8H15N5S. The third kappa shape index (κ3) is 3.12. The van der Waals surface area contributed by atoms with Crippen LogP contribution in [0.3, 0.4) is 0 Å². The third-order valence-electron chi connectivity index (χ3n) is 1.70. The number of tetrazole rings is 1. The van der Waals surface area contributed by atoms with Gasteiger partial charge in [0.1, 0.15) is 0 Å². The molecule has 5 nitrogen and oxygen atoms in total. The molecule has 1 unspecified atom stereocenters. The summed E-state index contributed by atoms with van der Waals surface area (Å²) in [5.41, 5.74) is 0. The number of hydrogen-bond donors (Lipinski definition) is 1. The van der Waals surface area contributed by atoms with E-state index in [1.165, 1.54) is 0 Å². The van der Waals surface area contributed by atoms with Crippen molar-refractivity contribution in [1.29, 1.82) is 0 Å². The second kappa shape index (κ2) is 5.77. The van der Waals surface area contributed by atoms with E-state index < -0.39 is 0 Å². The van der Waals surface area contributed by atoms with Crippen LogP contribution in [0, 0.1) is 0 Å². The molecule has 1 aromatic rings.